The smallest absolute Gasteiger partial charge is 0.0113 e. The van der Waals surface area contributed by atoms with Crippen molar-refractivity contribution in [3.8, 4) is 0 Å². The van der Waals surface area contributed by atoms with Crippen molar-refractivity contribution in [2.75, 3.05) is 0 Å². The van der Waals surface area contributed by atoms with Crippen molar-refractivity contribution in [3.05, 3.63) is 23.3 Å². The molecule has 0 aromatic heterocycles. The van der Waals surface area contributed by atoms with E-state index in [-0.39, 0.29) is 0 Å². The molecule has 0 spiro atoms. The van der Waals surface area contributed by atoms with E-state index in [2.05, 4.69) is 22.8 Å². The van der Waals surface area contributed by atoms with E-state index < -0.39 is 0 Å². The van der Waals surface area contributed by atoms with Gasteiger partial charge in [0, 0.05) is 24.2 Å². The van der Waals surface area contributed by atoms with Gasteiger partial charge in [-0.05, 0) is 113 Å². The quantitative estimate of drug-likeness (QED) is 0.483. The Bertz CT molecular complexity index is 695. The molecule has 0 aromatic carbocycles. The summed E-state index contributed by atoms with van der Waals surface area (Å²) < 4.78 is 0. The van der Waals surface area contributed by atoms with Gasteiger partial charge < -0.3 is 10.6 Å². The van der Waals surface area contributed by atoms with Gasteiger partial charge in [0.2, 0.25) is 0 Å². The number of fused-ring (bicyclic) bond motifs is 8. The van der Waals surface area contributed by atoms with E-state index in [1.165, 1.54) is 103 Å². The molecule has 2 heterocycles. The average molecular weight is 435 g/mol. The van der Waals surface area contributed by atoms with Crippen molar-refractivity contribution in [2.45, 2.75) is 127 Å². The summed E-state index contributed by atoms with van der Waals surface area (Å²) in [5.74, 6) is 5.59. The van der Waals surface area contributed by atoms with Crippen LogP contribution in [0.4, 0.5) is 0 Å². The second-order valence-corrected chi connectivity index (χ2v) is 13.1. The number of rotatable bonds is 2. The van der Waals surface area contributed by atoms with Gasteiger partial charge in [-0.15, -0.1) is 0 Å². The minimum atomic E-state index is 0.811. The van der Waals surface area contributed by atoms with E-state index in [0.29, 0.717) is 0 Å². The third-order valence-electron chi connectivity index (χ3n) is 11.3. The predicted octanol–water partition coefficient (Wildman–Crippen LogP) is 6.53. The van der Waals surface area contributed by atoms with Crippen LogP contribution in [0.5, 0.6) is 0 Å². The maximum Gasteiger partial charge on any atom is 0.0113 e. The Balaban J connectivity index is 0.990. The van der Waals surface area contributed by atoms with E-state index in [9.17, 15) is 0 Å². The van der Waals surface area contributed by atoms with Crippen LogP contribution in [0, 0.1) is 35.5 Å². The molecule has 8 atom stereocenters. The number of nitrogens with one attached hydrogen (secondary N) is 2. The van der Waals surface area contributed by atoms with Gasteiger partial charge in [0.15, 0.2) is 0 Å². The Morgan fingerprint density at radius 1 is 0.531 bits per heavy atom. The summed E-state index contributed by atoms with van der Waals surface area (Å²) in [4.78, 5) is 0. The zero-order valence-electron chi connectivity index (χ0n) is 20.2. The fourth-order valence-electron chi connectivity index (χ4n) is 9.88. The van der Waals surface area contributed by atoms with Gasteiger partial charge >= 0.3 is 0 Å². The monoisotopic (exact) mass is 434 g/mol. The van der Waals surface area contributed by atoms with Gasteiger partial charge in [0.05, 0.1) is 0 Å². The normalized spacial score (nSPS) is 52.8. The molecular weight excluding hydrogens is 388 g/mol. The topological polar surface area (TPSA) is 24.1 Å². The Morgan fingerprint density at radius 2 is 0.969 bits per heavy atom. The molecule has 4 bridgehead atoms. The largest absolute Gasteiger partial charge is 0.311 e. The maximum atomic E-state index is 4.05. The second kappa shape index (κ2) is 8.56. The van der Waals surface area contributed by atoms with E-state index in [1.807, 2.05) is 11.1 Å². The van der Waals surface area contributed by atoms with Crippen molar-refractivity contribution in [1.29, 1.82) is 0 Å². The molecule has 0 aromatic rings. The van der Waals surface area contributed by atoms with Crippen LogP contribution in [-0.4, -0.2) is 24.2 Å². The van der Waals surface area contributed by atoms with Crippen LogP contribution >= 0.6 is 0 Å². The van der Waals surface area contributed by atoms with Gasteiger partial charge in [-0.25, -0.2) is 0 Å². The molecule has 2 N–H and O–H groups in total. The maximum absolute atomic E-state index is 4.05. The average Bonchev–Trinajstić information content (AvgIpc) is 3.32. The van der Waals surface area contributed by atoms with Crippen molar-refractivity contribution >= 4 is 0 Å². The lowest BCUT2D eigenvalue weighted by molar-refractivity contribution is 0.158. The van der Waals surface area contributed by atoms with Crippen LogP contribution in [0.2, 0.25) is 0 Å². The predicted molar refractivity (Wildman–Crippen MR) is 132 cm³/mol. The fourth-order valence-corrected chi connectivity index (χ4v) is 9.88. The first-order chi connectivity index (χ1) is 15.8. The van der Waals surface area contributed by atoms with E-state index in [4.69, 9.17) is 0 Å². The first kappa shape index (κ1) is 20.7. The molecule has 2 saturated heterocycles. The lowest BCUT2D eigenvalue weighted by Gasteiger charge is -2.41. The molecule has 7 fully saturated rings. The van der Waals surface area contributed by atoms with Crippen LogP contribution in [0.1, 0.15) is 103 Å². The van der Waals surface area contributed by atoms with Crippen molar-refractivity contribution in [3.63, 3.8) is 0 Å². The molecule has 2 heteroatoms. The summed E-state index contributed by atoms with van der Waals surface area (Å²) in [5, 5.41) is 8.09. The molecule has 5 saturated carbocycles. The fraction of sp³-hybridized carbons (Fsp3) is 0.867. The van der Waals surface area contributed by atoms with E-state index in [1.54, 1.807) is 0 Å². The molecule has 0 radical (unpaired) electrons. The number of hydrogen-bond acceptors (Lipinski definition) is 2. The van der Waals surface area contributed by atoms with Crippen molar-refractivity contribution in [1.82, 2.24) is 10.6 Å². The van der Waals surface area contributed by atoms with Crippen molar-refractivity contribution < 1.29 is 0 Å². The van der Waals surface area contributed by atoms with Crippen LogP contribution in [0.25, 0.3) is 0 Å². The van der Waals surface area contributed by atoms with E-state index >= 15 is 0 Å². The zero-order valence-corrected chi connectivity index (χ0v) is 20.2. The highest BCUT2D eigenvalue weighted by atomic mass is 15.0. The standard InChI is InChI=1S/C30H46N2/c1-3-7-29-25(5-1)27-17-23(31-29)15-21(27)13-19-9-11-20(12-10-19)14-22-16-24-18-28(22)26-6-2-4-8-30(26)32-24/h13-14,19-20,23-32H,1-12,15-18H2/b21-13+,22-14?/t19?,20?,23-,24+,25?,26?,27?,28?,29?,30?/m0/s1. The third-order valence-corrected chi connectivity index (χ3v) is 11.3. The highest BCUT2D eigenvalue weighted by Crippen LogP contribution is 2.50. The van der Waals surface area contributed by atoms with Crippen LogP contribution < -0.4 is 10.6 Å². The minimum Gasteiger partial charge on any atom is -0.311 e. The second-order valence-electron chi connectivity index (χ2n) is 13.1. The summed E-state index contributed by atoms with van der Waals surface area (Å²) in [5.41, 5.74) is 3.77. The highest BCUT2D eigenvalue weighted by Gasteiger charge is 2.46. The van der Waals surface area contributed by atoms with Gasteiger partial charge in [0.25, 0.3) is 0 Å². The molecular formula is C30H46N2. The van der Waals surface area contributed by atoms with Gasteiger partial charge in [-0.3, -0.25) is 0 Å². The molecule has 176 valence electrons. The third kappa shape index (κ3) is 3.76. The first-order valence-electron chi connectivity index (χ1n) is 14.7. The number of hydrogen-bond donors (Lipinski definition) is 2. The molecule has 32 heavy (non-hydrogen) atoms. The summed E-state index contributed by atoms with van der Waals surface area (Å²) >= 11 is 0. The Kier molecular flexibility index (Phi) is 5.55. The minimum absolute atomic E-state index is 0.811. The summed E-state index contributed by atoms with van der Waals surface area (Å²) in [6.07, 6.45) is 28.9. The molecule has 2 aliphatic heterocycles. The Hall–Kier alpha value is -0.600. The van der Waals surface area contributed by atoms with Gasteiger partial charge in [-0.1, -0.05) is 49.0 Å². The first-order valence-corrected chi connectivity index (χ1v) is 14.7. The van der Waals surface area contributed by atoms with E-state index in [0.717, 1.165) is 59.7 Å². The van der Waals surface area contributed by atoms with Gasteiger partial charge in [0.1, 0.15) is 0 Å². The molecule has 7 aliphatic rings. The molecule has 6 unspecified atom stereocenters. The van der Waals surface area contributed by atoms with Crippen LogP contribution in [-0.2, 0) is 0 Å². The lowest BCUT2D eigenvalue weighted by Crippen LogP contribution is -2.49. The van der Waals surface area contributed by atoms with Crippen molar-refractivity contribution in [2.24, 2.45) is 35.5 Å². The Morgan fingerprint density at radius 3 is 1.44 bits per heavy atom. The Labute approximate surface area is 196 Å². The highest BCUT2D eigenvalue weighted by molar-refractivity contribution is 5.24. The summed E-state index contributed by atoms with van der Waals surface area (Å²) in [7, 11) is 0. The number of allylic oxidation sites excluding steroid dienone is 2. The number of piperidine rings is 2. The summed E-state index contributed by atoms with van der Waals surface area (Å²) in [6.45, 7) is 0. The SMILES string of the molecule is C(=C1C[C@@H]2CC1C1CCCCC1N2)C1CCC(/C=C2\C[C@H]3CC2C2CCCCC2N3)CC1. The van der Waals surface area contributed by atoms with Crippen LogP contribution in [0.3, 0.4) is 0 Å². The van der Waals surface area contributed by atoms with Crippen LogP contribution in [0.15, 0.2) is 23.3 Å². The molecule has 5 aliphatic carbocycles. The summed E-state index contributed by atoms with van der Waals surface area (Å²) in [6, 6.07) is 3.32. The van der Waals surface area contributed by atoms with Gasteiger partial charge in [-0.2, -0.15) is 0 Å². The molecule has 0 amide bonds. The molecule has 2 nitrogen and oxygen atoms in total. The molecule has 7 rings (SSSR count). The zero-order chi connectivity index (χ0) is 21.1. The lowest BCUT2D eigenvalue weighted by atomic mass is 9.71.